The normalized spacial score (nSPS) is 18.1. The summed E-state index contributed by atoms with van der Waals surface area (Å²) in [4.78, 5) is -0.193. The minimum atomic E-state index is -3.86. The SMILES string of the molecule is O=S(=O)(c1ccc(F)c(Cl)c1)N1CC(C(F)F)C1. The number of sulfonamides is 1. The molecular formula is C10H9ClF3NO2S. The second kappa shape index (κ2) is 4.71. The summed E-state index contributed by atoms with van der Waals surface area (Å²) in [6.07, 6.45) is -2.53. The highest BCUT2D eigenvalue weighted by Gasteiger charge is 2.41. The first-order chi connectivity index (χ1) is 8.32. The van der Waals surface area contributed by atoms with E-state index in [9.17, 15) is 21.6 Å². The predicted octanol–water partition coefficient (Wildman–Crippen LogP) is 2.36. The second-order valence-electron chi connectivity index (χ2n) is 3.99. The summed E-state index contributed by atoms with van der Waals surface area (Å²) in [5.41, 5.74) is 0. The van der Waals surface area contributed by atoms with Crippen LogP contribution in [-0.2, 0) is 10.0 Å². The van der Waals surface area contributed by atoms with Gasteiger partial charge in [-0.1, -0.05) is 11.6 Å². The Bertz CT molecular complexity index is 558. The lowest BCUT2D eigenvalue weighted by Gasteiger charge is -2.37. The zero-order valence-corrected chi connectivity index (χ0v) is 10.6. The molecule has 0 N–H and O–H groups in total. The maximum Gasteiger partial charge on any atom is 0.243 e. The van der Waals surface area contributed by atoms with Crippen LogP contribution in [0.15, 0.2) is 23.1 Å². The molecule has 0 unspecified atom stereocenters. The van der Waals surface area contributed by atoms with Gasteiger partial charge >= 0.3 is 0 Å². The van der Waals surface area contributed by atoms with Crippen LogP contribution in [-0.4, -0.2) is 32.2 Å². The fourth-order valence-electron chi connectivity index (χ4n) is 1.61. The van der Waals surface area contributed by atoms with Crippen molar-refractivity contribution < 1.29 is 21.6 Å². The average molecular weight is 300 g/mol. The number of halogens is 4. The van der Waals surface area contributed by atoms with Crippen LogP contribution in [0.1, 0.15) is 0 Å². The molecule has 1 heterocycles. The molecule has 0 bridgehead atoms. The third kappa shape index (κ3) is 2.34. The molecule has 0 aromatic heterocycles. The average Bonchev–Trinajstić information content (AvgIpc) is 2.18. The van der Waals surface area contributed by atoms with E-state index in [0.29, 0.717) is 0 Å². The topological polar surface area (TPSA) is 37.4 Å². The van der Waals surface area contributed by atoms with E-state index in [-0.39, 0.29) is 23.0 Å². The first-order valence-electron chi connectivity index (χ1n) is 5.05. The largest absolute Gasteiger partial charge is 0.243 e. The van der Waals surface area contributed by atoms with E-state index in [4.69, 9.17) is 11.6 Å². The molecule has 0 saturated carbocycles. The van der Waals surface area contributed by atoms with E-state index in [2.05, 4.69) is 0 Å². The quantitative estimate of drug-likeness (QED) is 0.859. The molecule has 18 heavy (non-hydrogen) atoms. The zero-order chi connectivity index (χ0) is 13.5. The highest BCUT2D eigenvalue weighted by atomic mass is 35.5. The third-order valence-electron chi connectivity index (χ3n) is 2.76. The summed E-state index contributed by atoms with van der Waals surface area (Å²) in [5.74, 6) is -1.67. The van der Waals surface area contributed by atoms with Gasteiger partial charge in [0.2, 0.25) is 16.4 Å². The van der Waals surface area contributed by atoms with Gasteiger partial charge < -0.3 is 0 Å². The van der Waals surface area contributed by atoms with Crippen LogP contribution in [0.4, 0.5) is 13.2 Å². The minimum Gasteiger partial charge on any atom is -0.210 e. The molecule has 1 aliphatic rings. The predicted molar refractivity (Wildman–Crippen MR) is 59.7 cm³/mol. The molecule has 1 saturated heterocycles. The highest BCUT2D eigenvalue weighted by Crippen LogP contribution is 2.30. The van der Waals surface area contributed by atoms with Crippen molar-refractivity contribution in [3.63, 3.8) is 0 Å². The molecule has 8 heteroatoms. The van der Waals surface area contributed by atoms with E-state index >= 15 is 0 Å². The van der Waals surface area contributed by atoms with Crippen LogP contribution in [0.5, 0.6) is 0 Å². The van der Waals surface area contributed by atoms with Gasteiger partial charge in [0.1, 0.15) is 5.82 Å². The molecule has 2 rings (SSSR count). The van der Waals surface area contributed by atoms with E-state index in [0.717, 1.165) is 22.5 Å². The lowest BCUT2D eigenvalue weighted by molar-refractivity contribution is 0.0123. The molecule has 0 atom stereocenters. The van der Waals surface area contributed by atoms with Crippen LogP contribution in [0.2, 0.25) is 5.02 Å². The summed E-state index contributed by atoms with van der Waals surface area (Å²) in [6, 6.07) is 2.97. The van der Waals surface area contributed by atoms with Crippen LogP contribution in [0.25, 0.3) is 0 Å². The van der Waals surface area contributed by atoms with Crippen molar-refractivity contribution in [3.8, 4) is 0 Å². The Morgan fingerprint density at radius 1 is 1.33 bits per heavy atom. The van der Waals surface area contributed by atoms with Gasteiger partial charge in [0.25, 0.3) is 0 Å². The summed E-state index contributed by atoms with van der Waals surface area (Å²) in [6.45, 7) is -0.454. The van der Waals surface area contributed by atoms with E-state index in [1.165, 1.54) is 0 Å². The Balaban J connectivity index is 2.20. The summed E-state index contributed by atoms with van der Waals surface area (Å²) in [7, 11) is -3.86. The number of alkyl halides is 2. The van der Waals surface area contributed by atoms with Crippen molar-refractivity contribution in [2.45, 2.75) is 11.3 Å². The van der Waals surface area contributed by atoms with Crippen molar-refractivity contribution in [2.75, 3.05) is 13.1 Å². The number of rotatable bonds is 3. The highest BCUT2D eigenvalue weighted by molar-refractivity contribution is 7.89. The Labute approximate surface area is 107 Å². The minimum absolute atomic E-state index is 0.193. The number of benzene rings is 1. The lowest BCUT2D eigenvalue weighted by Crippen LogP contribution is -2.52. The van der Waals surface area contributed by atoms with E-state index in [1.807, 2.05) is 0 Å². The Morgan fingerprint density at radius 3 is 2.44 bits per heavy atom. The molecule has 0 radical (unpaired) electrons. The van der Waals surface area contributed by atoms with Crippen molar-refractivity contribution in [1.29, 1.82) is 0 Å². The van der Waals surface area contributed by atoms with Gasteiger partial charge in [-0.2, -0.15) is 4.31 Å². The number of nitrogens with zero attached hydrogens (tertiary/aromatic N) is 1. The smallest absolute Gasteiger partial charge is 0.210 e. The molecule has 1 fully saturated rings. The Hall–Kier alpha value is -0.790. The van der Waals surface area contributed by atoms with Gasteiger partial charge in [-0.25, -0.2) is 21.6 Å². The first kappa shape index (κ1) is 13.6. The van der Waals surface area contributed by atoms with Gasteiger partial charge in [-0.3, -0.25) is 0 Å². The molecule has 0 aliphatic carbocycles. The van der Waals surface area contributed by atoms with Crippen molar-refractivity contribution >= 4 is 21.6 Å². The zero-order valence-electron chi connectivity index (χ0n) is 8.98. The molecule has 1 aromatic carbocycles. The van der Waals surface area contributed by atoms with E-state index < -0.39 is 28.2 Å². The standard InChI is InChI=1S/C10H9ClF3NO2S/c11-8-3-7(1-2-9(8)12)18(16,17)15-4-6(5-15)10(13)14/h1-3,6,10H,4-5H2. The van der Waals surface area contributed by atoms with Gasteiger partial charge in [0.15, 0.2) is 0 Å². The Kier molecular flexibility index (Phi) is 3.57. The Morgan fingerprint density at radius 2 is 1.94 bits per heavy atom. The molecule has 3 nitrogen and oxygen atoms in total. The number of hydrogen-bond acceptors (Lipinski definition) is 2. The second-order valence-corrected chi connectivity index (χ2v) is 6.34. The summed E-state index contributed by atoms with van der Waals surface area (Å²) in [5, 5.41) is -0.318. The molecule has 0 amide bonds. The fraction of sp³-hybridized carbons (Fsp3) is 0.400. The van der Waals surface area contributed by atoms with Crippen molar-refractivity contribution in [1.82, 2.24) is 4.31 Å². The molecule has 100 valence electrons. The molecular weight excluding hydrogens is 291 g/mol. The maximum absolute atomic E-state index is 12.9. The fourth-order valence-corrected chi connectivity index (χ4v) is 3.44. The third-order valence-corrected chi connectivity index (χ3v) is 4.88. The number of hydrogen-bond donors (Lipinski definition) is 0. The van der Waals surface area contributed by atoms with Crippen LogP contribution in [0, 0.1) is 11.7 Å². The maximum atomic E-state index is 12.9. The molecule has 1 aromatic rings. The van der Waals surface area contributed by atoms with Crippen LogP contribution in [0.3, 0.4) is 0 Å². The lowest BCUT2D eigenvalue weighted by atomic mass is 10.1. The van der Waals surface area contributed by atoms with Gasteiger partial charge in [0, 0.05) is 19.0 Å². The summed E-state index contributed by atoms with van der Waals surface area (Å²) < 4.78 is 62.3. The van der Waals surface area contributed by atoms with Gasteiger partial charge in [-0.15, -0.1) is 0 Å². The van der Waals surface area contributed by atoms with E-state index in [1.54, 1.807) is 0 Å². The summed E-state index contributed by atoms with van der Waals surface area (Å²) >= 11 is 5.49. The van der Waals surface area contributed by atoms with Gasteiger partial charge in [0.05, 0.1) is 9.92 Å². The van der Waals surface area contributed by atoms with Crippen LogP contribution < -0.4 is 0 Å². The molecule has 0 spiro atoms. The van der Waals surface area contributed by atoms with Crippen molar-refractivity contribution in [3.05, 3.63) is 29.0 Å². The van der Waals surface area contributed by atoms with Gasteiger partial charge in [-0.05, 0) is 18.2 Å². The van der Waals surface area contributed by atoms with Crippen LogP contribution >= 0.6 is 11.6 Å². The first-order valence-corrected chi connectivity index (χ1v) is 6.87. The monoisotopic (exact) mass is 299 g/mol. The molecule has 1 aliphatic heterocycles. The van der Waals surface area contributed by atoms with Crippen molar-refractivity contribution in [2.24, 2.45) is 5.92 Å².